The van der Waals surface area contributed by atoms with Crippen LogP contribution < -0.4 is 29.6 Å². The third-order valence-corrected chi connectivity index (χ3v) is 2.27. The normalized spacial score (nSPS) is 15.5. The van der Waals surface area contributed by atoms with Gasteiger partial charge in [0.25, 0.3) is 0 Å². The van der Waals surface area contributed by atoms with Crippen LogP contribution in [0, 0.1) is 0 Å². The molecule has 0 rings (SSSR count). The van der Waals surface area contributed by atoms with Crippen LogP contribution in [-0.4, -0.2) is 35.6 Å². The SMILES string of the molecule is CC=CC(=O)OC(C(C)O)S(=O)(=O)[O-].[Na+]. The average molecular weight is 246 g/mol. The van der Waals surface area contributed by atoms with Crippen molar-refractivity contribution in [3.63, 3.8) is 0 Å². The van der Waals surface area contributed by atoms with Crippen LogP contribution in [0.1, 0.15) is 13.8 Å². The standard InChI is InChI=1S/C7H12O6S.Na/c1-3-4-6(9)13-7(5(2)8)14(10,11)12;/h3-5,7-8H,1-2H3,(H,10,11,12);/q;+1/p-1. The van der Waals surface area contributed by atoms with Crippen molar-refractivity contribution in [1.29, 1.82) is 0 Å². The third kappa shape index (κ3) is 7.04. The molecule has 0 aromatic rings. The minimum Gasteiger partial charge on any atom is -0.745 e. The Kier molecular flexibility index (Phi) is 8.58. The number of rotatable bonds is 4. The Morgan fingerprint density at radius 1 is 1.53 bits per heavy atom. The van der Waals surface area contributed by atoms with E-state index in [1.807, 2.05) is 0 Å². The Balaban J connectivity index is 0. The molecule has 0 radical (unpaired) electrons. The molecule has 15 heavy (non-hydrogen) atoms. The summed E-state index contributed by atoms with van der Waals surface area (Å²) in [7, 11) is -4.85. The second kappa shape index (κ2) is 7.37. The molecule has 0 bridgehead atoms. The molecule has 0 aliphatic carbocycles. The molecule has 2 atom stereocenters. The van der Waals surface area contributed by atoms with Crippen molar-refractivity contribution in [2.45, 2.75) is 25.4 Å². The monoisotopic (exact) mass is 246 g/mol. The van der Waals surface area contributed by atoms with Gasteiger partial charge in [0.05, 0.1) is 0 Å². The molecule has 0 fully saturated rings. The van der Waals surface area contributed by atoms with Gasteiger partial charge in [0.2, 0.25) is 5.44 Å². The fourth-order valence-electron chi connectivity index (χ4n) is 0.688. The fourth-order valence-corrected chi connectivity index (χ4v) is 1.38. The summed E-state index contributed by atoms with van der Waals surface area (Å²) in [6.45, 7) is 2.56. The maximum absolute atomic E-state index is 10.8. The van der Waals surface area contributed by atoms with E-state index >= 15 is 0 Å². The molecule has 8 heteroatoms. The third-order valence-electron chi connectivity index (χ3n) is 1.21. The van der Waals surface area contributed by atoms with Crippen LogP contribution in [0.3, 0.4) is 0 Å². The van der Waals surface area contributed by atoms with Crippen molar-refractivity contribution in [1.82, 2.24) is 0 Å². The Hall–Kier alpha value is 0.0800. The number of allylic oxidation sites excluding steroid dienone is 1. The van der Waals surface area contributed by atoms with Gasteiger partial charge in [0, 0.05) is 6.08 Å². The zero-order valence-corrected chi connectivity index (χ0v) is 11.5. The summed E-state index contributed by atoms with van der Waals surface area (Å²) in [4.78, 5) is 10.8. The molecule has 0 amide bonds. The molecular formula is C7H11NaO6S. The largest absolute Gasteiger partial charge is 1.00 e. The average Bonchev–Trinajstić information content (AvgIpc) is 1.98. The summed E-state index contributed by atoms with van der Waals surface area (Å²) >= 11 is 0. The molecule has 0 saturated carbocycles. The molecule has 0 saturated heterocycles. The number of ether oxygens (including phenoxy) is 1. The van der Waals surface area contributed by atoms with E-state index in [0.717, 1.165) is 13.0 Å². The summed E-state index contributed by atoms with van der Waals surface area (Å²) < 4.78 is 35.7. The van der Waals surface area contributed by atoms with Crippen LogP contribution in [0.15, 0.2) is 12.2 Å². The molecule has 0 aliphatic heterocycles. The molecule has 6 nitrogen and oxygen atoms in total. The van der Waals surface area contributed by atoms with Crippen molar-refractivity contribution in [2.24, 2.45) is 0 Å². The van der Waals surface area contributed by atoms with E-state index in [1.54, 1.807) is 0 Å². The van der Waals surface area contributed by atoms with Crippen LogP contribution in [0.5, 0.6) is 0 Å². The van der Waals surface area contributed by atoms with E-state index in [-0.39, 0.29) is 29.6 Å². The first-order valence-corrected chi connectivity index (χ1v) is 5.22. The van der Waals surface area contributed by atoms with Crippen LogP contribution in [0.2, 0.25) is 0 Å². The van der Waals surface area contributed by atoms with Gasteiger partial charge in [-0.1, -0.05) is 6.08 Å². The molecular weight excluding hydrogens is 235 g/mol. The Bertz CT molecular complexity index is 320. The molecule has 0 heterocycles. The smallest absolute Gasteiger partial charge is 0.745 e. The number of carbonyl (C=O) groups is 1. The van der Waals surface area contributed by atoms with Gasteiger partial charge < -0.3 is 14.4 Å². The van der Waals surface area contributed by atoms with Crippen molar-refractivity contribution in [2.75, 3.05) is 0 Å². The maximum atomic E-state index is 10.8. The number of esters is 1. The van der Waals surface area contributed by atoms with Crippen LogP contribution in [-0.2, 0) is 19.6 Å². The van der Waals surface area contributed by atoms with Gasteiger partial charge >= 0.3 is 35.5 Å². The van der Waals surface area contributed by atoms with Crippen molar-refractivity contribution >= 4 is 16.1 Å². The van der Waals surface area contributed by atoms with Gasteiger partial charge in [-0.15, -0.1) is 0 Å². The minimum atomic E-state index is -4.85. The van der Waals surface area contributed by atoms with Gasteiger partial charge in [0.1, 0.15) is 16.2 Å². The molecule has 82 valence electrons. The topological polar surface area (TPSA) is 104 Å². The summed E-state index contributed by atoms with van der Waals surface area (Å²) in [6.07, 6.45) is 0.700. The Morgan fingerprint density at radius 2 is 2.00 bits per heavy atom. The van der Waals surface area contributed by atoms with E-state index in [1.165, 1.54) is 13.0 Å². The first-order valence-electron chi connectivity index (χ1n) is 3.75. The number of carbonyl (C=O) groups excluding carboxylic acids is 1. The predicted molar refractivity (Wildman–Crippen MR) is 46.1 cm³/mol. The quantitative estimate of drug-likeness (QED) is 0.237. The van der Waals surface area contributed by atoms with Gasteiger partial charge in [-0.3, -0.25) is 0 Å². The van der Waals surface area contributed by atoms with Crippen LogP contribution >= 0.6 is 0 Å². The Labute approximate surface area is 110 Å². The van der Waals surface area contributed by atoms with E-state index < -0.39 is 27.6 Å². The van der Waals surface area contributed by atoms with Gasteiger partial charge in [-0.25, -0.2) is 13.2 Å². The second-order valence-corrected chi connectivity index (χ2v) is 3.99. The van der Waals surface area contributed by atoms with Gasteiger partial charge in [-0.2, -0.15) is 0 Å². The number of hydrogen-bond donors (Lipinski definition) is 1. The summed E-state index contributed by atoms with van der Waals surface area (Å²) in [5, 5.41) is 8.88. The Morgan fingerprint density at radius 3 is 2.27 bits per heavy atom. The number of hydrogen-bond acceptors (Lipinski definition) is 6. The summed E-state index contributed by atoms with van der Waals surface area (Å²) in [5.41, 5.74) is -2.06. The zero-order valence-electron chi connectivity index (χ0n) is 8.71. The van der Waals surface area contributed by atoms with Crippen molar-refractivity contribution in [3.05, 3.63) is 12.2 Å². The molecule has 2 unspecified atom stereocenters. The second-order valence-electron chi connectivity index (χ2n) is 2.54. The molecule has 1 N–H and O–H groups in total. The molecule has 0 aromatic heterocycles. The number of aliphatic hydroxyl groups excluding tert-OH is 1. The molecule has 0 aromatic carbocycles. The van der Waals surface area contributed by atoms with Crippen molar-refractivity contribution in [3.8, 4) is 0 Å². The fraction of sp³-hybridized carbons (Fsp3) is 0.571. The van der Waals surface area contributed by atoms with Gasteiger partial charge in [0.15, 0.2) is 0 Å². The summed E-state index contributed by atoms with van der Waals surface area (Å²) in [6, 6.07) is 0. The predicted octanol–water partition coefficient (Wildman–Crippen LogP) is -3.64. The molecule has 0 aliphatic rings. The van der Waals surface area contributed by atoms with Gasteiger partial charge in [-0.05, 0) is 13.8 Å². The van der Waals surface area contributed by atoms with Crippen LogP contribution in [0.25, 0.3) is 0 Å². The van der Waals surface area contributed by atoms with E-state index in [0.29, 0.717) is 0 Å². The first kappa shape index (κ1) is 17.5. The van der Waals surface area contributed by atoms with E-state index in [2.05, 4.69) is 4.74 Å². The summed E-state index contributed by atoms with van der Waals surface area (Å²) in [5.74, 6) is -0.988. The van der Waals surface area contributed by atoms with E-state index in [9.17, 15) is 17.8 Å². The number of aliphatic hydroxyl groups is 1. The van der Waals surface area contributed by atoms with E-state index in [4.69, 9.17) is 5.11 Å². The first-order chi connectivity index (χ1) is 6.29. The van der Waals surface area contributed by atoms with Crippen LogP contribution in [0.4, 0.5) is 0 Å². The zero-order chi connectivity index (χ0) is 11.4. The van der Waals surface area contributed by atoms with Crippen molar-refractivity contribution < 1.29 is 57.2 Å². The molecule has 0 spiro atoms. The maximum Gasteiger partial charge on any atom is 1.00 e. The minimum absolute atomic E-state index is 0.